The normalized spacial score (nSPS) is 15.1. The molecule has 0 aromatic carbocycles. The summed E-state index contributed by atoms with van der Waals surface area (Å²) in [6, 6.07) is 0. The lowest BCUT2D eigenvalue weighted by atomic mass is 10.1. The molecule has 3 nitrogen and oxygen atoms in total. The number of hydrogen-bond acceptors (Lipinski definition) is 3. The van der Waals surface area contributed by atoms with Gasteiger partial charge in [0.1, 0.15) is 0 Å². The Kier molecular flexibility index (Phi) is 6.59. The highest BCUT2D eigenvalue weighted by Crippen LogP contribution is 2.04. The van der Waals surface area contributed by atoms with Crippen molar-refractivity contribution in [2.24, 2.45) is 5.92 Å². The van der Waals surface area contributed by atoms with E-state index in [9.17, 15) is 4.79 Å². The first-order valence-corrected chi connectivity index (χ1v) is 4.90. The Morgan fingerprint density at radius 2 is 1.92 bits per heavy atom. The summed E-state index contributed by atoms with van der Waals surface area (Å²) in [4.78, 5) is 11.1. The number of ether oxygens (including phenoxy) is 2. The molecule has 0 saturated heterocycles. The van der Waals surface area contributed by atoms with Crippen LogP contribution in [0.3, 0.4) is 0 Å². The van der Waals surface area contributed by atoms with Gasteiger partial charge in [0.15, 0.2) is 6.10 Å². The average Bonchev–Trinajstić information content (AvgIpc) is 2.13. The molecule has 0 fully saturated rings. The summed E-state index contributed by atoms with van der Waals surface area (Å²) < 4.78 is 10.1. The van der Waals surface area contributed by atoms with Crippen molar-refractivity contribution < 1.29 is 14.3 Å². The number of hydrogen-bond donors (Lipinski definition) is 0. The van der Waals surface area contributed by atoms with E-state index in [1.165, 1.54) is 0 Å². The van der Waals surface area contributed by atoms with Gasteiger partial charge in [-0.3, -0.25) is 0 Å². The standard InChI is InChI=1S/C10H20O3/c1-5-8(3)7-13-9(4)10(11)12-6-2/h8-9H,5-7H2,1-4H3/t8-,9?/m0/s1. The van der Waals surface area contributed by atoms with Crippen LogP contribution in [-0.4, -0.2) is 25.3 Å². The van der Waals surface area contributed by atoms with Crippen LogP contribution < -0.4 is 0 Å². The lowest BCUT2D eigenvalue weighted by molar-refractivity contribution is -0.156. The van der Waals surface area contributed by atoms with Gasteiger partial charge in [0, 0.05) is 0 Å². The number of carbonyl (C=O) groups is 1. The van der Waals surface area contributed by atoms with Crippen molar-refractivity contribution in [1.82, 2.24) is 0 Å². The van der Waals surface area contributed by atoms with Crippen LogP contribution in [0.2, 0.25) is 0 Å². The zero-order valence-corrected chi connectivity index (χ0v) is 9.00. The maximum atomic E-state index is 11.1. The van der Waals surface area contributed by atoms with Crippen molar-refractivity contribution in [2.45, 2.75) is 40.2 Å². The van der Waals surface area contributed by atoms with Gasteiger partial charge in [-0.2, -0.15) is 0 Å². The third-order valence-electron chi connectivity index (χ3n) is 1.95. The van der Waals surface area contributed by atoms with Crippen molar-refractivity contribution in [3.63, 3.8) is 0 Å². The fourth-order valence-electron chi connectivity index (χ4n) is 0.754. The van der Waals surface area contributed by atoms with Crippen molar-refractivity contribution in [1.29, 1.82) is 0 Å². The SMILES string of the molecule is CCOC(=O)C(C)OC[C@@H](C)CC. The summed E-state index contributed by atoms with van der Waals surface area (Å²) in [5, 5.41) is 0. The minimum Gasteiger partial charge on any atom is -0.464 e. The third kappa shape index (κ3) is 5.64. The van der Waals surface area contributed by atoms with Gasteiger partial charge >= 0.3 is 5.97 Å². The number of carbonyl (C=O) groups excluding carboxylic acids is 1. The molecule has 1 unspecified atom stereocenters. The molecule has 0 radical (unpaired) electrons. The van der Waals surface area contributed by atoms with Crippen LogP contribution in [0, 0.1) is 5.92 Å². The third-order valence-corrected chi connectivity index (χ3v) is 1.95. The molecule has 0 aliphatic heterocycles. The fraction of sp³-hybridized carbons (Fsp3) is 0.900. The largest absolute Gasteiger partial charge is 0.464 e. The topological polar surface area (TPSA) is 35.5 Å². The predicted molar refractivity (Wildman–Crippen MR) is 51.5 cm³/mol. The van der Waals surface area contributed by atoms with Crippen molar-refractivity contribution in [2.75, 3.05) is 13.2 Å². The van der Waals surface area contributed by atoms with E-state index in [0.29, 0.717) is 19.1 Å². The Balaban J connectivity index is 3.60. The van der Waals surface area contributed by atoms with Gasteiger partial charge in [0.05, 0.1) is 13.2 Å². The Morgan fingerprint density at radius 3 is 2.38 bits per heavy atom. The second-order valence-corrected chi connectivity index (χ2v) is 3.24. The van der Waals surface area contributed by atoms with Gasteiger partial charge in [0.2, 0.25) is 0 Å². The molecule has 0 aromatic rings. The van der Waals surface area contributed by atoms with Crippen LogP contribution in [0.15, 0.2) is 0 Å². The van der Waals surface area contributed by atoms with Gasteiger partial charge in [-0.05, 0) is 19.8 Å². The molecule has 0 rings (SSSR count). The molecule has 0 aromatic heterocycles. The summed E-state index contributed by atoms with van der Waals surface area (Å²) in [6.07, 6.45) is 0.629. The Hall–Kier alpha value is -0.570. The molecular formula is C10H20O3. The van der Waals surface area contributed by atoms with Gasteiger partial charge < -0.3 is 9.47 Å². The van der Waals surface area contributed by atoms with Crippen LogP contribution in [0.4, 0.5) is 0 Å². The zero-order valence-electron chi connectivity index (χ0n) is 9.00. The van der Waals surface area contributed by atoms with E-state index in [4.69, 9.17) is 9.47 Å². The first kappa shape index (κ1) is 12.4. The lowest BCUT2D eigenvalue weighted by Gasteiger charge is -2.14. The van der Waals surface area contributed by atoms with Crippen LogP contribution in [0.25, 0.3) is 0 Å². The molecule has 0 amide bonds. The fourth-order valence-corrected chi connectivity index (χ4v) is 0.754. The second kappa shape index (κ2) is 6.89. The maximum Gasteiger partial charge on any atom is 0.334 e. The molecule has 3 heteroatoms. The van der Waals surface area contributed by atoms with Gasteiger partial charge in [-0.1, -0.05) is 20.3 Å². The summed E-state index contributed by atoms with van der Waals surface area (Å²) in [5.41, 5.74) is 0. The summed E-state index contributed by atoms with van der Waals surface area (Å²) in [5.74, 6) is 0.225. The first-order valence-electron chi connectivity index (χ1n) is 4.90. The lowest BCUT2D eigenvalue weighted by Crippen LogP contribution is -2.25. The minimum atomic E-state index is -0.436. The zero-order chi connectivity index (χ0) is 10.3. The summed E-state index contributed by atoms with van der Waals surface area (Å²) in [6.45, 7) is 8.74. The smallest absolute Gasteiger partial charge is 0.334 e. The van der Waals surface area contributed by atoms with Crippen molar-refractivity contribution in [3.05, 3.63) is 0 Å². The Labute approximate surface area is 80.4 Å². The molecule has 13 heavy (non-hydrogen) atoms. The Morgan fingerprint density at radius 1 is 1.31 bits per heavy atom. The molecule has 0 spiro atoms. The predicted octanol–water partition coefficient (Wildman–Crippen LogP) is 2.00. The van der Waals surface area contributed by atoms with E-state index in [0.717, 1.165) is 6.42 Å². The monoisotopic (exact) mass is 188 g/mol. The first-order chi connectivity index (χ1) is 6.11. The molecule has 0 heterocycles. The van der Waals surface area contributed by atoms with E-state index in [1.54, 1.807) is 13.8 Å². The molecule has 78 valence electrons. The van der Waals surface area contributed by atoms with E-state index in [-0.39, 0.29) is 5.97 Å². The van der Waals surface area contributed by atoms with Crippen LogP contribution in [0.1, 0.15) is 34.1 Å². The quantitative estimate of drug-likeness (QED) is 0.598. The molecule has 0 aliphatic carbocycles. The molecular weight excluding hydrogens is 168 g/mol. The van der Waals surface area contributed by atoms with Crippen LogP contribution in [-0.2, 0) is 14.3 Å². The second-order valence-electron chi connectivity index (χ2n) is 3.24. The minimum absolute atomic E-state index is 0.272. The molecule has 2 atom stereocenters. The summed E-state index contributed by atoms with van der Waals surface area (Å²) >= 11 is 0. The van der Waals surface area contributed by atoms with Crippen molar-refractivity contribution in [3.8, 4) is 0 Å². The molecule has 0 saturated carbocycles. The molecule has 0 bridgehead atoms. The highest BCUT2D eigenvalue weighted by molar-refractivity contribution is 5.74. The number of esters is 1. The van der Waals surface area contributed by atoms with Gasteiger partial charge in [0.25, 0.3) is 0 Å². The van der Waals surface area contributed by atoms with Crippen LogP contribution in [0.5, 0.6) is 0 Å². The number of rotatable bonds is 6. The van der Waals surface area contributed by atoms with Gasteiger partial charge in [-0.25, -0.2) is 4.79 Å². The van der Waals surface area contributed by atoms with E-state index < -0.39 is 6.10 Å². The highest BCUT2D eigenvalue weighted by Gasteiger charge is 2.14. The Bertz CT molecular complexity index is 145. The highest BCUT2D eigenvalue weighted by atomic mass is 16.6. The van der Waals surface area contributed by atoms with Crippen LogP contribution >= 0.6 is 0 Å². The van der Waals surface area contributed by atoms with E-state index >= 15 is 0 Å². The molecule has 0 N–H and O–H groups in total. The van der Waals surface area contributed by atoms with E-state index in [2.05, 4.69) is 13.8 Å². The molecule has 0 aliphatic rings. The summed E-state index contributed by atoms with van der Waals surface area (Å²) in [7, 11) is 0. The average molecular weight is 188 g/mol. The van der Waals surface area contributed by atoms with E-state index in [1.807, 2.05) is 0 Å². The van der Waals surface area contributed by atoms with Crippen molar-refractivity contribution >= 4 is 5.97 Å². The maximum absolute atomic E-state index is 11.1. The van der Waals surface area contributed by atoms with Gasteiger partial charge in [-0.15, -0.1) is 0 Å².